The largest absolute Gasteiger partial charge is 0.336 e. The molecular formula is C16H21Cl2N3OS. The van der Waals surface area contributed by atoms with Crippen LogP contribution in [-0.2, 0) is 0 Å². The molecular weight excluding hydrogens is 353 g/mol. The zero-order valence-corrected chi connectivity index (χ0v) is 15.3. The van der Waals surface area contributed by atoms with Gasteiger partial charge in [0.25, 0.3) is 5.91 Å². The lowest BCUT2D eigenvalue weighted by Crippen LogP contribution is -2.46. The standard InChI is InChI=1S/C16H19N3OS.2ClH/c1-17-13-8-5-9-19(11-13)16(20)14-10-18-15(21-14)12-6-3-2-4-7-12;;/h2-4,6-7,10,13,17H,5,8-9,11H2,1H3;2*1H. The Hall–Kier alpha value is -1.14. The van der Waals surface area contributed by atoms with Gasteiger partial charge in [-0.1, -0.05) is 30.3 Å². The van der Waals surface area contributed by atoms with Gasteiger partial charge >= 0.3 is 0 Å². The molecule has 1 saturated heterocycles. The molecule has 2 heterocycles. The number of halogens is 2. The Morgan fingerprint density at radius 1 is 1.30 bits per heavy atom. The van der Waals surface area contributed by atoms with Crippen molar-refractivity contribution in [1.29, 1.82) is 0 Å². The normalized spacial score (nSPS) is 17.1. The first-order valence-corrected chi connectivity index (χ1v) is 8.07. The Kier molecular flexibility index (Phi) is 7.99. The van der Waals surface area contributed by atoms with Gasteiger partial charge in [-0.05, 0) is 19.9 Å². The summed E-state index contributed by atoms with van der Waals surface area (Å²) in [5.41, 5.74) is 1.06. The predicted molar refractivity (Wildman–Crippen MR) is 100 cm³/mol. The van der Waals surface area contributed by atoms with Crippen LogP contribution < -0.4 is 5.32 Å². The van der Waals surface area contributed by atoms with E-state index in [1.54, 1.807) is 6.20 Å². The summed E-state index contributed by atoms with van der Waals surface area (Å²) in [6.07, 6.45) is 3.90. The second kappa shape index (κ2) is 9.23. The Labute approximate surface area is 153 Å². The number of likely N-dealkylation sites (N-methyl/N-ethyl adjacent to an activating group) is 1. The number of nitrogens with zero attached hydrogens (tertiary/aromatic N) is 2. The average Bonchev–Trinajstić information content (AvgIpc) is 3.05. The van der Waals surface area contributed by atoms with E-state index in [4.69, 9.17) is 0 Å². The molecule has 0 spiro atoms. The Morgan fingerprint density at radius 2 is 2.04 bits per heavy atom. The SMILES string of the molecule is CNC1CCCN(C(=O)c2cnc(-c3ccccc3)s2)C1.Cl.Cl. The van der Waals surface area contributed by atoms with Gasteiger partial charge in [-0.25, -0.2) is 4.98 Å². The monoisotopic (exact) mass is 373 g/mol. The molecule has 0 bridgehead atoms. The molecule has 7 heteroatoms. The maximum Gasteiger partial charge on any atom is 0.265 e. The fourth-order valence-corrected chi connectivity index (χ4v) is 3.53. The molecule has 4 nitrogen and oxygen atoms in total. The van der Waals surface area contributed by atoms with Crippen LogP contribution in [0.25, 0.3) is 10.6 Å². The summed E-state index contributed by atoms with van der Waals surface area (Å²) in [6.45, 7) is 1.63. The number of amides is 1. The van der Waals surface area contributed by atoms with Crippen molar-refractivity contribution >= 4 is 42.1 Å². The van der Waals surface area contributed by atoms with E-state index in [-0.39, 0.29) is 30.7 Å². The van der Waals surface area contributed by atoms with E-state index >= 15 is 0 Å². The number of hydrogen-bond donors (Lipinski definition) is 1. The van der Waals surface area contributed by atoms with Crippen molar-refractivity contribution < 1.29 is 4.79 Å². The van der Waals surface area contributed by atoms with Crippen molar-refractivity contribution in [3.63, 3.8) is 0 Å². The highest BCUT2D eigenvalue weighted by Crippen LogP contribution is 2.26. The Bertz CT molecular complexity index is 621. The fraction of sp³-hybridized carbons (Fsp3) is 0.375. The topological polar surface area (TPSA) is 45.2 Å². The maximum atomic E-state index is 12.6. The van der Waals surface area contributed by atoms with Crippen LogP contribution in [0.1, 0.15) is 22.5 Å². The molecule has 23 heavy (non-hydrogen) atoms. The molecule has 0 radical (unpaired) electrons. The number of hydrogen-bond acceptors (Lipinski definition) is 4. The number of carbonyl (C=O) groups excluding carboxylic acids is 1. The van der Waals surface area contributed by atoms with Crippen LogP contribution in [0.3, 0.4) is 0 Å². The number of thiazole rings is 1. The van der Waals surface area contributed by atoms with Crippen LogP contribution in [0.5, 0.6) is 0 Å². The van der Waals surface area contributed by atoms with Crippen LogP contribution in [0.15, 0.2) is 36.5 Å². The number of aromatic nitrogens is 1. The molecule has 1 aliphatic rings. The first-order chi connectivity index (χ1) is 10.3. The van der Waals surface area contributed by atoms with Gasteiger partial charge in [-0.2, -0.15) is 0 Å². The third-order valence-corrected chi connectivity index (χ3v) is 4.89. The summed E-state index contributed by atoms with van der Waals surface area (Å²) in [5.74, 6) is 0.106. The molecule has 2 aromatic rings. The first-order valence-electron chi connectivity index (χ1n) is 7.25. The van der Waals surface area contributed by atoms with Crippen molar-refractivity contribution in [3.05, 3.63) is 41.4 Å². The fourth-order valence-electron chi connectivity index (χ4n) is 2.64. The van der Waals surface area contributed by atoms with Crippen LogP contribution in [0.2, 0.25) is 0 Å². The first kappa shape index (κ1) is 19.9. The average molecular weight is 374 g/mol. The number of likely N-dealkylation sites (tertiary alicyclic amines) is 1. The summed E-state index contributed by atoms with van der Waals surface area (Å²) >= 11 is 1.47. The summed E-state index contributed by atoms with van der Waals surface area (Å²) in [4.78, 5) is 19.6. The van der Waals surface area contributed by atoms with Crippen LogP contribution in [0.4, 0.5) is 0 Å². The maximum absolute atomic E-state index is 12.6. The van der Waals surface area contributed by atoms with Gasteiger partial charge in [-0.15, -0.1) is 36.2 Å². The van der Waals surface area contributed by atoms with Gasteiger partial charge in [0.05, 0.1) is 6.20 Å². The number of carbonyl (C=O) groups is 1. The molecule has 0 aliphatic carbocycles. The van der Waals surface area contributed by atoms with E-state index < -0.39 is 0 Å². The van der Waals surface area contributed by atoms with Gasteiger partial charge in [0.2, 0.25) is 0 Å². The lowest BCUT2D eigenvalue weighted by molar-refractivity contribution is 0.0703. The molecule has 3 rings (SSSR count). The van der Waals surface area contributed by atoms with Crippen LogP contribution in [0, 0.1) is 0 Å². The van der Waals surface area contributed by atoms with Crippen molar-refractivity contribution in [2.24, 2.45) is 0 Å². The molecule has 1 aromatic heterocycles. The minimum Gasteiger partial charge on any atom is -0.336 e. The second-order valence-corrected chi connectivity index (χ2v) is 6.31. The van der Waals surface area contributed by atoms with Gasteiger partial charge in [0, 0.05) is 24.7 Å². The molecule has 1 fully saturated rings. The highest BCUT2D eigenvalue weighted by Gasteiger charge is 2.24. The summed E-state index contributed by atoms with van der Waals surface area (Å²) in [5, 5.41) is 4.17. The molecule has 126 valence electrons. The summed E-state index contributed by atoms with van der Waals surface area (Å²) in [7, 11) is 1.96. The smallest absolute Gasteiger partial charge is 0.265 e. The van der Waals surface area contributed by atoms with Crippen molar-refractivity contribution in [1.82, 2.24) is 15.2 Å². The minimum atomic E-state index is 0. The van der Waals surface area contributed by atoms with E-state index in [1.807, 2.05) is 42.3 Å². The Morgan fingerprint density at radius 3 is 2.74 bits per heavy atom. The van der Waals surface area contributed by atoms with Crippen molar-refractivity contribution in [3.8, 4) is 10.6 Å². The number of nitrogens with one attached hydrogen (secondary N) is 1. The van der Waals surface area contributed by atoms with E-state index in [0.29, 0.717) is 6.04 Å². The second-order valence-electron chi connectivity index (χ2n) is 5.27. The molecule has 1 unspecified atom stereocenters. The van der Waals surface area contributed by atoms with Crippen LogP contribution >= 0.6 is 36.2 Å². The third-order valence-electron chi connectivity index (χ3n) is 3.85. The van der Waals surface area contributed by atoms with Gasteiger partial charge in [-0.3, -0.25) is 4.79 Å². The highest BCUT2D eigenvalue weighted by atomic mass is 35.5. The number of benzene rings is 1. The quantitative estimate of drug-likeness (QED) is 0.895. The van der Waals surface area contributed by atoms with Crippen molar-refractivity contribution in [2.45, 2.75) is 18.9 Å². The van der Waals surface area contributed by atoms with E-state index in [2.05, 4.69) is 10.3 Å². The number of piperidine rings is 1. The predicted octanol–water partition coefficient (Wildman–Crippen LogP) is 3.48. The van der Waals surface area contributed by atoms with Crippen molar-refractivity contribution in [2.75, 3.05) is 20.1 Å². The van der Waals surface area contributed by atoms with Gasteiger partial charge in [0.15, 0.2) is 0 Å². The van der Waals surface area contributed by atoms with E-state index in [1.165, 1.54) is 11.3 Å². The van der Waals surface area contributed by atoms with E-state index in [0.717, 1.165) is 41.4 Å². The third kappa shape index (κ3) is 4.67. The number of rotatable bonds is 3. The lowest BCUT2D eigenvalue weighted by Gasteiger charge is -2.32. The zero-order valence-electron chi connectivity index (χ0n) is 12.9. The van der Waals surface area contributed by atoms with E-state index in [9.17, 15) is 4.79 Å². The minimum absolute atomic E-state index is 0. The highest BCUT2D eigenvalue weighted by molar-refractivity contribution is 7.16. The molecule has 1 aliphatic heterocycles. The molecule has 1 amide bonds. The summed E-state index contributed by atoms with van der Waals surface area (Å²) in [6, 6.07) is 10.4. The summed E-state index contributed by atoms with van der Waals surface area (Å²) < 4.78 is 0. The van der Waals surface area contributed by atoms with Gasteiger partial charge < -0.3 is 10.2 Å². The van der Waals surface area contributed by atoms with Gasteiger partial charge in [0.1, 0.15) is 9.88 Å². The molecule has 1 N–H and O–H groups in total. The molecule has 1 aromatic carbocycles. The Balaban J connectivity index is 0.00000132. The molecule has 1 atom stereocenters. The van der Waals surface area contributed by atoms with Crippen LogP contribution in [-0.4, -0.2) is 42.0 Å². The lowest BCUT2D eigenvalue weighted by atomic mass is 10.1. The zero-order chi connectivity index (χ0) is 14.7. The molecule has 0 saturated carbocycles.